The van der Waals surface area contributed by atoms with E-state index in [0.29, 0.717) is 35.1 Å². The molecule has 0 N–H and O–H groups in total. The number of benzene rings is 2. The van der Waals surface area contributed by atoms with Crippen LogP contribution < -0.4 is 0 Å². The minimum atomic E-state index is -0.388. The first-order chi connectivity index (χ1) is 14.5. The third-order valence-electron chi connectivity index (χ3n) is 7.64. The number of hydrogen-bond donors (Lipinski definition) is 0. The van der Waals surface area contributed by atoms with E-state index < -0.39 is 0 Å². The standard InChI is InChI=1S/C27H18O3/c1-11-9-17-20-22(13-5-3-7-15(13)25(17)28)27(30)23-14-6-4-8-16(14)26(29)18-10-12(2)19(11)24(20)21(18)23/h3-4,7-10,22-23H,5-6H2,1-2H3. The van der Waals surface area contributed by atoms with Crippen molar-refractivity contribution in [3.63, 3.8) is 0 Å². The zero-order valence-corrected chi connectivity index (χ0v) is 16.8. The topological polar surface area (TPSA) is 51.2 Å². The molecule has 0 bridgehead atoms. The van der Waals surface area contributed by atoms with Gasteiger partial charge in [-0.3, -0.25) is 14.4 Å². The van der Waals surface area contributed by atoms with Gasteiger partial charge >= 0.3 is 0 Å². The summed E-state index contributed by atoms with van der Waals surface area (Å²) in [6, 6.07) is 3.92. The lowest BCUT2D eigenvalue weighted by atomic mass is 9.61. The molecule has 3 heteroatoms. The predicted octanol–water partition coefficient (Wildman–Crippen LogP) is 5.11. The maximum atomic E-state index is 14.1. The van der Waals surface area contributed by atoms with E-state index in [1.165, 1.54) is 0 Å². The highest BCUT2D eigenvalue weighted by Gasteiger charge is 2.50. The van der Waals surface area contributed by atoms with Crippen LogP contribution in [0.5, 0.6) is 0 Å². The van der Waals surface area contributed by atoms with E-state index in [9.17, 15) is 14.4 Å². The summed E-state index contributed by atoms with van der Waals surface area (Å²) < 4.78 is 0. The Morgan fingerprint density at radius 3 is 1.63 bits per heavy atom. The molecule has 0 fully saturated rings. The number of allylic oxidation sites excluding steroid dienone is 8. The van der Waals surface area contributed by atoms with Crippen LogP contribution in [0.3, 0.4) is 0 Å². The van der Waals surface area contributed by atoms with Crippen molar-refractivity contribution >= 4 is 28.1 Å². The minimum absolute atomic E-state index is 0.0149. The van der Waals surface area contributed by atoms with Crippen molar-refractivity contribution in [2.75, 3.05) is 0 Å². The molecule has 0 amide bonds. The molecule has 5 aliphatic rings. The smallest absolute Gasteiger partial charge is 0.193 e. The first-order valence-electron chi connectivity index (χ1n) is 10.5. The van der Waals surface area contributed by atoms with Gasteiger partial charge in [-0.25, -0.2) is 0 Å². The van der Waals surface area contributed by atoms with E-state index in [4.69, 9.17) is 0 Å². The Bertz CT molecular complexity index is 1350. The molecule has 0 aromatic heterocycles. The predicted molar refractivity (Wildman–Crippen MR) is 114 cm³/mol. The first-order valence-corrected chi connectivity index (χ1v) is 10.5. The Morgan fingerprint density at radius 1 is 0.700 bits per heavy atom. The second-order valence-corrected chi connectivity index (χ2v) is 9.08. The maximum Gasteiger partial charge on any atom is 0.193 e. The van der Waals surface area contributed by atoms with Crippen molar-refractivity contribution in [2.24, 2.45) is 0 Å². The lowest BCUT2D eigenvalue weighted by Crippen LogP contribution is -2.36. The summed E-state index contributed by atoms with van der Waals surface area (Å²) in [6.45, 7) is 4.06. The lowest BCUT2D eigenvalue weighted by molar-refractivity contribution is -0.120. The summed E-state index contributed by atoms with van der Waals surface area (Å²) in [5.74, 6) is -0.616. The van der Waals surface area contributed by atoms with Crippen LogP contribution in [0.4, 0.5) is 0 Å². The van der Waals surface area contributed by atoms with E-state index in [0.717, 1.165) is 44.2 Å². The van der Waals surface area contributed by atoms with Gasteiger partial charge < -0.3 is 0 Å². The zero-order valence-electron chi connectivity index (χ0n) is 16.8. The Hall–Kier alpha value is -3.33. The normalized spacial score (nSPS) is 25.1. The van der Waals surface area contributed by atoms with E-state index >= 15 is 0 Å². The van der Waals surface area contributed by atoms with Gasteiger partial charge in [-0.1, -0.05) is 24.3 Å². The molecule has 2 unspecified atom stereocenters. The maximum absolute atomic E-state index is 14.1. The number of fused-ring (bicyclic) bond motifs is 2. The van der Waals surface area contributed by atoms with Crippen LogP contribution in [0.15, 0.2) is 58.7 Å². The molecular formula is C27H18O3. The number of Topliss-reactive ketones (excluding diaryl/α,β-unsaturated/α-hetero) is 3. The monoisotopic (exact) mass is 390 g/mol. The van der Waals surface area contributed by atoms with Gasteiger partial charge in [0.05, 0.1) is 11.8 Å². The van der Waals surface area contributed by atoms with Crippen LogP contribution in [0.2, 0.25) is 0 Å². The fourth-order valence-corrected chi connectivity index (χ4v) is 6.56. The van der Waals surface area contributed by atoms with Gasteiger partial charge in [-0.2, -0.15) is 0 Å². The second kappa shape index (κ2) is 5.04. The van der Waals surface area contributed by atoms with Crippen molar-refractivity contribution in [1.29, 1.82) is 0 Å². The fourth-order valence-electron chi connectivity index (χ4n) is 6.56. The van der Waals surface area contributed by atoms with Crippen LogP contribution in [-0.2, 0) is 4.79 Å². The van der Waals surface area contributed by atoms with Gasteiger partial charge in [0.2, 0.25) is 0 Å². The second-order valence-electron chi connectivity index (χ2n) is 9.08. The van der Waals surface area contributed by atoms with E-state index in [1.807, 2.05) is 50.3 Å². The van der Waals surface area contributed by atoms with Gasteiger partial charge in [-0.05, 0) is 83.0 Å². The molecule has 0 radical (unpaired) electrons. The van der Waals surface area contributed by atoms with Crippen LogP contribution in [0.1, 0.15) is 67.6 Å². The third-order valence-corrected chi connectivity index (χ3v) is 7.64. The highest BCUT2D eigenvalue weighted by atomic mass is 16.1. The number of carbonyl (C=O) groups is 3. The van der Waals surface area contributed by atoms with Gasteiger partial charge in [-0.15, -0.1) is 0 Å². The summed E-state index contributed by atoms with van der Waals surface area (Å²) in [4.78, 5) is 40.8. The Kier molecular flexibility index (Phi) is 2.77. The number of aryl methyl sites for hydroxylation is 2. The number of ketones is 3. The SMILES string of the molecule is Cc1cc2c3c4c5c(cc(C)c14)C(=O)C1=C(CC=C1)C5C(=O)C3C1=C(C=CC1)C2=O. The quantitative estimate of drug-likeness (QED) is 0.628. The largest absolute Gasteiger partial charge is 0.298 e. The van der Waals surface area contributed by atoms with Crippen molar-refractivity contribution in [2.45, 2.75) is 38.5 Å². The van der Waals surface area contributed by atoms with Gasteiger partial charge in [0.1, 0.15) is 0 Å². The molecule has 0 spiro atoms. The first kappa shape index (κ1) is 16.5. The zero-order chi connectivity index (χ0) is 20.5. The molecule has 7 rings (SSSR count). The van der Waals surface area contributed by atoms with Crippen LogP contribution in [0, 0.1) is 13.8 Å². The molecular weight excluding hydrogens is 372 g/mol. The number of hydrogen-bond acceptors (Lipinski definition) is 3. The van der Waals surface area contributed by atoms with Gasteiger partial charge in [0, 0.05) is 22.3 Å². The lowest BCUT2D eigenvalue weighted by Gasteiger charge is -2.40. The summed E-state index contributed by atoms with van der Waals surface area (Å²) in [7, 11) is 0. The van der Waals surface area contributed by atoms with Crippen LogP contribution in [0.25, 0.3) is 10.8 Å². The highest BCUT2D eigenvalue weighted by Crippen LogP contribution is 2.57. The summed E-state index contributed by atoms with van der Waals surface area (Å²) in [6.07, 6.45) is 9.06. The number of carbonyl (C=O) groups excluding carboxylic acids is 3. The molecule has 0 heterocycles. The molecule has 2 aromatic rings. The van der Waals surface area contributed by atoms with E-state index in [-0.39, 0.29) is 29.2 Å². The van der Waals surface area contributed by atoms with E-state index in [2.05, 4.69) is 0 Å². The Morgan fingerprint density at radius 2 is 1.17 bits per heavy atom. The summed E-state index contributed by atoms with van der Waals surface area (Å²) >= 11 is 0. The third kappa shape index (κ3) is 1.61. The fraction of sp³-hybridized carbons (Fsp3) is 0.222. The molecule has 3 nitrogen and oxygen atoms in total. The molecule has 5 aliphatic carbocycles. The average Bonchev–Trinajstić information content (AvgIpc) is 3.39. The molecule has 0 saturated carbocycles. The van der Waals surface area contributed by atoms with Crippen LogP contribution in [-0.4, -0.2) is 17.3 Å². The Labute approximate surface area is 173 Å². The van der Waals surface area contributed by atoms with Crippen molar-refractivity contribution in [3.05, 3.63) is 92.1 Å². The molecule has 0 aliphatic heterocycles. The van der Waals surface area contributed by atoms with Crippen molar-refractivity contribution in [3.8, 4) is 0 Å². The van der Waals surface area contributed by atoms with E-state index in [1.54, 1.807) is 0 Å². The molecule has 30 heavy (non-hydrogen) atoms. The highest BCUT2D eigenvalue weighted by molar-refractivity contribution is 6.26. The average molecular weight is 390 g/mol. The molecule has 2 aromatic carbocycles. The summed E-state index contributed by atoms with van der Waals surface area (Å²) in [5.41, 5.74) is 8.35. The summed E-state index contributed by atoms with van der Waals surface area (Å²) in [5, 5.41) is 2.09. The van der Waals surface area contributed by atoms with Gasteiger partial charge in [0.25, 0.3) is 0 Å². The van der Waals surface area contributed by atoms with Crippen molar-refractivity contribution < 1.29 is 14.4 Å². The molecule has 2 atom stereocenters. The Balaban J connectivity index is 1.72. The van der Waals surface area contributed by atoms with Crippen molar-refractivity contribution in [1.82, 2.24) is 0 Å². The molecule has 0 saturated heterocycles. The van der Waals surface area contributed by atoms with Crippen LogP contribution >= 0.6 is 0 Å². The molecule has 144 valence electrons. The number of rotatable bonds is 0. The van der Waals surface area contributed by atoms with Gasteiger partial charge in [0.15, 0.2) is 17.3 Å². The minimum Gasteiger partial charge on any atom is -0.298 e.